The van der Waals surface area contributed by atoms with Crippen molar-refractivity contribution in [2.75, 3.05) is 27.3 Å². The Balaban J connectivity index is 1.22. The predicted octanol–water partition coefficient (Wildman–Crippen LogP) is 5.00. The average Bonchev–Trinajstić information content (AvgIpc) is 4.08. The number of ether oxygens (including phenoxy) is 2. The van der Waals surface area contributed by atoms with Gasteiger partial charge < -0.3 is 39.9 Å². The number of rotatable bonds is 11. The predicted molar refractivity (Wildman–Crippen MR) is 221 cm³/mol. The van der Waals surface area contributed by atoms with Gasteiger partial charge in [0.15, 0.2) is 0 Å². The van der Waals surface area contributed by atoms with Crippen molar-refractivity contribution in [1.29, 1.82) is 0 Å². The largest absolute Gasteiger partial charge is 0.453 e. The molecule has 4 unspecified atom stereocenters. The van der Waals surface area contributed by atoms with Crippen LogP contribution < -0.4 is 20.4 Å². The van der Waals surface area contributed by atoms with E-state index in [4.69, 9.17) is 20.9 Å². The zero-order chi connectivity index (χ0) is 41.7. The summed E-state index contributed by atoms with van der Waals surface area (Å²) in [4.78, 5) is 71.2. The number of H-pyrrole nitrogens is 2. The maximum Gasteiger partial charge on any atom is 0.407 e. The zero-order valence-corrected chi connectivity index (χ0v) is 34.9. The van der Waals surface area contributed by atoms with Gasteiger partial charge in [0.05, 0.1) is 50.1 Å². The first-order valence-corrected chi connectivity index (χ1v) is 20.5. The first kappa shape index (κ1) is 41.7. The number of alkyl carbamates (subject to hydrolysis) is 2. The molecule has 0 spiro atoms. The van der Waals surface area contributed by atoms with Gasteiger partial charge in [0.25, 0.3) is 0 Å². The zero-order valence-electron chi connectivity index (χ0n) is 34.0. The van der Waals surface area contributed by atoms with Gasteiger partial charge in [-0.05, 0) is 72.6 Å². The van der Waals surface area contributed by atoms with Gasteiger partial charge in [0, 0.05) is 28.4 Å². The van der Waals surface area contributed by atoms with E-state index in [1.165, 1.54) is 14.2 Å². The van der Waals surface area contributed by atoms with Crippen LogP contribution in [0.3, 0.4) is 0 Å². The van der Waals surface area contributed by atoms with Gasteiger partial charge in [0.1, 0.15) is 23.7 Å². The van der Waals surface area contributed by atoms with Crippen molar-refractivity contribution in [3.05, 3.63) is 80.8 Å². The Hall–Kier alpha value is -5.88. The van der Waals surface area contributed by atoms with E-state index in [1.807, 2.05) is 70.3 Å². The first-order chi connectivity index (χ1) is 27.9. The second kappa shape index (κ2) is 18.1. The molecule has 14 nitrogen and oxygen atoms in total. The van der Waals surface area contributed by atoms with Gasteiger partial charge in [-0.1, -0.05) is 57.9 Å². The molecule has 4 amide bonds. The first-order valence-electron chi connectivity index (χ1n) is 19.6. The van der Waals surface area contributed by atoms with Crippen molar-refractivity contribution in [2.45, 2.75) is 84.5 Å². The monoisotopic (exact) mass is 808 g/mol. The lowest BCUT2D eigenvalue weighted by molar-refractivity contribution is -0.136. The van der Waals surface area contributed by atoms with Gasteiger partial charge in [-0.15, -0.1) is 17.8 Å². The molecule has 306 valence electrons. The van der Waals surface area contributed by atoms with Crippen molar-refractivity contribution in [1.82, 2.24) is 40.4 Å². The van der Waals surface area contributed by atoms with E-state index in [2.05, 4.69) is 31.5 Å². The fraction of sp³-hybridized carbons (Fsp3) is 0.442. The minimum absolute atomic E-state index is 0.122. The van der Waals surface area contributed by atoms with E-state index in [9.17, 15) is 19.2 Å². The van der Waals surface area contributed by atoms with Gasteiger partial charge >= 0.3 is 12.2 Å². The summed E-state index contributed by atoms with van der Waals surface area (Å²) in [6.45, 7) is 10.7. The normalized spacial score (nSPS) is 18.8. The number of benzene rings is 1. The van der Waals surface area contributed by atoms with Gasteiger partial charge in [-0.25, -0.2) is 19.6 Å². The second-order valence-electron chi connectivity index (χ2n) is 15.3. The molecule has 2 fully saturated rings. The Morgan fingerprint density at radius 2 is 1.36 bits per heavy atom. The Kier molecular flexibility index (Phi) is 13.1. The number of aromatic amines is 2. The molecule has 1 aromatic carbocycles. The molecule has 6 rings (SSSR count). The number of imidazole rings is 2. The highest BCUT2D eigenvalue weighted by molar-refractivity contribution is 7.07. The standard InChI is InChI=1S/C43H52N8O6S/c1-9-29(27-14-16-28(17-15-27)32-23-45-39(47-32)34-13-11-20-51(34)41(53)36(25(4)5)49-43(55)57-8)30-18-21-58-37(30)26(6)31-22-44-38(46-31)33-12-10-19-50(33)40(52)35(24(2)3)48-42(54)56-7/h1,14-18,21-25,33-36H,10-13,19-20H2,2-8H3,(H,44,46)(H,45,47)(H,48,54)(H,49,55)/b30-29+,37-26-. The summed E-state index contributed by atoms with van der Waals surface area (Å²) < 4.78 is 10.5. The number of amides is 4. The fourth-order valence-electron chi connectivity index (χ4n) is 7.79. The van der Waals surface area contributed by atoms with Crippen molar-refractivity contribution in [3.63, 3.8) is 0 Å². The van der Waals surface area contributed by atoms with E-state index in [0.29, 0.717) is 24.7 Å². The van der Waals surface area contributed by atoms with Crippen LogP contribution >= 0.6 is 11.3 Å². The number of carbonyl (C=O) groups is 4. The maximum absolute atomic E-state index is 13.7. The summed E-state index contributed by atoms with van der Waals surface area (Å²) >= 11 is 1.59. The smallest absolute Gasteiger partial charge is 0.407 e. The Bertz CT molecular complexity index is 2300. The fourth-order valence-corrected chi connectivity index (χ4v) is 8.71. The van der Waals surface area contributed by atoms with Crippen molar-refractivity contribution >= 4 is 46.5 Å². The third kappa shape index (κ3) is 8.67. The minimum Gasteiger partial charge on any atom is -0.453 e. The van der Waals surface area contributed by atoms with Crippen LogP contribution in [0.15, 0.2) is 48.1 Å². The molecule has 4 N–H and O–H groups in total. The summed E-state index contributed by atoms with van der Waals surface area (Å²) in [6.07, 6.45) is 11.7. The van der Waals surface area contributed by atoms with Crippen LogP contribution in [0.25, 0.3) is 22.4 Å². The molecule has 0 radical (unpaired) electrons. The van der Waals surface area contributed by atoms with E-state index < -0.39 is 24.3 Å². The number of carbonyl (C=O) groups excluding carboxylic acids is 4. The number of likely N-dealkylation sites (tertiary alicyclic amines) is 2. The summed E-state index contributed by atoms with van der Waals surface area (Å²) in [6, 6.07) is 8.12. The lowest BCUT2D eigenvalue weighted by atomic mass is 10.0. The van der Waals surface area contributed by atoms with Crippen LogP contribution in [0.5, 0.6) is 0 Å². The second-order valence-corrected chi connectivity index (χ2v) is 16.3. The van der Waals surface area contributed by atoms with E-state index >= 15 is 0 Å². The molecule has 3 aromatic heterocycles. The molecular formula is C43H52N8O6S. The van der Waals surface area contributed by atoms with Crippen molar-refractivity contribution in [3.8, 4) is 23.6 Å². The number of terminal acetylenes is 1. The number of nitrogens with one attached hydrogen (secondary N) is 4. The van der Waals surface area contributed by atoms with Crippen LogP contribution in [-0.4, -0.2) is 93.1 Å². The molecular weight excluding hydrogens is 757 g/mol. The van der Waals surface area contributed by atoms with Crippen LogP contribution in [0.2, 0.25) is 0 Å². The minimum atomic E-state index is -0.713. The van der Waals surface area contributed by atoms with Crippen LogP contribution in [0.4, 0.5) is 9.59 Å². The van der Waals surface area contributed by atoms with Gasteiger partial charge in [-0.2, -0.15) is 0 Å². The van der Waals surface area contributed by atoms with Crippen LogP contribution in [0, 0.1) is 24.2 Å². The van der Waals surface area contributed by atoms with Gasteiger partial charge in [-0.3, -0.25) is 9.59 Å². The van der Waals surface area contributed by atoms with Crippen molar-refractivity contribution in [2.24, 2.45) is 11.8 Å². The number of nitrogens with zero attached hydrogens (tertiary/aromatic N) is 4. The topological polar surface area (TPSA) is 175 Å². The summed E-state index contributed by atoms with van der Waals surface area (Å²) in [5.74, 6) is 3.75. The summed E-state index contributed by atoms with van der Waals surface area (Å²) in [5.41, 5.74) is 5.17. The molecule has 4 aromatic rings. The summed E-state index contributed by atoms with van der Waals surface area (Å²) in [5, 5.41) is 8.34. The number of methoxy groups -OCH3 is 2. The molecule has 0 bridgehead atoms. The highest BCUT2D eigenvalue weighted by atomic mass is 32.1. The molecule has 2 aliphatic rings. The molecule has 5 heterocycles. The molecule has 2 saturated heterocycles. The molecule has 0 aliphatic carbocycles. The van der Waals surface area contributed by atoms with Crippen LogP contribution in [-0.2, 0) is 19.1 Å². The Morgan fingerprint density at radius 3 is 1.88 bits per heavy atom. The number of aromatic nitrogens is 4. The quantitative estimate of drug-likeness (QED) is 0.153. The lowest BCUT2D eigenvalue weighted by Crippen LogP contribution is -2.51. The van der Waals surface area contributed by atoms with E-state index in [0.717, 1.165) is 69.1 Å². The van der Waals surface area contributed by atoms with Gasteiger partial charge in [0.2, 0.25) is 11.8 Å². The molecule has 58 heavy (non-hydrogen) atoms. The molecule has 4 atom stereocenters. The maximum atomic E-state index is 13.7. The van der Waals surface area contributed by atoms with E-state index in [-0.39, 0.29) is 35.7 Å². The molecule has 0 saturated carbocycles. The van der Waals surface area contributed by atoms with E-state index in [1.54, 1.807) is 33.5 Å². The summed E-state index contributed by atoms with van der Waals surface area (Å²) in [7, 11) is 2.57. The highest BCUT2D eigenvalue weighted by Crippen LogP contribution is 2.34. The SMILES string of the molecule is C#C/C(c1ccc(-c2cnc(C3CCCN3C(=O)C(NC(=O)OC)C(C)C)[nH]2)cc1)=c1/ccs/c1=C(/C)c1cnc(C2CCCN2C(=O)C(NC(=O)OC)C(C)C)[nH]1. The third-order valence-corrected chi connectivity index (χ3v) is 12.0. The molecule has 15 heteroatoms. The Morgan fingerprint density at radius 1 is 0.828 bits per heavy atom. The van der Waals surface area contributed by atoms with Crippen molar-refractivity contribution < 1.29 is 28.7 Å². The highest BCUT2D eigenvalue weighted by Gasteiger charge is 2.39. The number of hydrogen-bond acceptors (Lipinski definition) is 9. The third-order valence-electron chi connectivity index (χ3n) is 11.0. The average molecular weight is 809 g/mol. The number of thiophene rings is 1. The molecule has 2 aliphatic heterocycles. The number of hydrogen-bond donors (Lipinski definition) is 4. The van der Waals surface area contributed by atoms with Crippen LogP contribution in [0.1, 0.15) is 95.3 Å². The lowest BCUT2D eigenvalue weighted by Gasteiger charge is -2.30. The Labute approximate surface area is 342 Å².